The van der Waals surface area contributed by atoms with Gasteiger partial charge in [0.1, 0.15) is 5.54 Å². The van der Waals surface area contributed by atoms with Crippen molar-refractivity contribution in [2.75, 3.05) is 6.61 Å². The van der Waals surface area contributed by atoms with Crippen molar-refractivity contribution in [3.8, 4) is 0 Å². The number of hydrogen-bond donors (Lipinski definition) is 1. The number of rotatable bonds is 4. The van der Waals surface area contributed by atoms with E-state index in [-0.39, 0.29) is 12.2 Å². The van der Waals surface area contributed by atoms with E-state index in [1.807, 2.05) is 0 Å². The summed E-state index contributed by atoms with van der Waals surface area (Å²) in [5.74, 6) is -3.20. The van der Waals surface area contributed by atoms with Crippen LogP contribution in [-0.2, 0) is 9.53 Å². The zero-order valence-electron chi connectivity index (χ0n) is 11.7. The zero-order chi connectivity index (χ0) is 15.5. The molecule has 0 aromatic heterocycles. The molecule has 1 aliphatic rings. The fraction of sp³-hybridized carbons (Fsp3) is 0.467. The van der Waals surface area contributed by atoms with Gasteiger partial charge in [0.05, 0.1) is 6.61 Å². The summed E-state index contributed by atoms with van der Waals surface area (Å²) in [7, 11) is 0. The Hall–Kier alpha value is -1.98. The summed E-state index contributed by atoms with van der Waals surface area (Å²) in [5.41, 5.74) is -1.08. The van der Waals surface area contributed by atoms with Gasteiger partial charge in [-0.25, -0.2) is 13.6 Å². The van der Waals surface area contributed by atoms with Crippen LogP contribution in [0.25, 0.3) is 0 Å². The second kappa shape index (κ2) is 6.20. The van der Waals surface area contributed by atoms with E-state index < -0.39 is 29.0 Å². The summed E-state index contributed by atoms with van der Waals surface area (Å²) in [6.45, 7) is 1.92. The second-order valence-electron chi connectivity index (χ2n) is 5.09. The van der Waals surface area contributed by atoms with Crippen molar-refractivity contribution >= 4 is 11.9 Å². The number of hydrogen-bond acceptors (Lipinski definition) is 3. The lowest BCUT2D eigenvalue weighted by Gasteiger charge is -2.27. The average molecular weight is 297 g/mol. The van der Waals surface area contributed by atoms with Crippen molar-refractivity contribution in [1.29, 1.82) is 0 Å². The predicted octanol–water partition coefficient (Wildman–Crippen LogP) is 2.57. The highest BCUT2D eigenvalue weighted by Gasteiger charge is 2.44. The van der Waals surface area contributed by atoms with Gasteiger partial charge in [0.15, 0.2) is 11.6 Å². The average Bonchev–Trinajstić information content (AvgIpc) is 2.92. The van der Waals surface area contributed by atoms with E-state index in [2.05, 4.69) is 5.32 Å². The van der Waals surface area contributed by atoms with Crippen molar-refractivity contribution in [2.45, 2.75) is 38.1 Å². The Kier molecular flexibility index (Phi) is 4.55. The van der Waals surface area contributed by atoms with E-state index in [1.165, 1.54) is 6.07 Å². The van der Waals surface area contributed by atoms with Crippen molar-refractivity contribution in [1.82, 2.24) is 5.32 Å². The minimum Gasteiger partial charge on any atom is -0.464 e. The van der Waals surface area contributed by atoms with Gasteiger partial charge in [-0.1, -0.05) is 12.8 Å². The molecule has 0 bridgehead atoms. The lowest BCUT2D eigenvalue weighted by molar-refractivity contribution is -0.150. The number of amides is 1. The number of nitrogens with one attached hydrogen (secondary N) is 1. The maximum absolute atomic E-state index is 13.2. The molecular weight excluding hydrogens is 280 g/mol. The normalized spacial score (nSPS) is 16.5. The van der Waals surface area contributed by atoms with Crippen LogP contribution in [0.3, 0.4) is 0 Å². The molecule has 0 spiro atoms. The van der Waals surface area contributed by atoms with Gasteiger partial charge in [-0.15, -0.1) is 0 Å². The number of benzene rings is 1. The Morgan fingerprint density at radius 2 is 1.90 bits per heavy atom. The molecule has 1 fully saturated rings. The quantitative estimate of drug-likeness (QED) is 0.869. The number of ether oxygens (including phenoxy) is 1. The van der Waals surface area contributed by atoms with Crippen LogP contribution in [-0.4, -0.2) is 24.0 Å². The largest absolute Gasteiger partial charge is 0.464 e. The molecular formula is C15H17F2NO3. The predicted molar refractivity (Wildman–Crippen MR) is 71.7 cm³/mol. The molecule has 1 aliphatic carbocycles. The van der Waals surface area contributed by atoms with Crippen molar-refractivity contribution in [2.24, 2.45) is 0 Å². The first-order valence-corrected chi connectivity index (χ1v) is 6.93. The molecule has 1 amide bonds. The molecule has 21 heavy (non-hydrogen) atoms. The molecule has 114 valence electrons. The molecule has 6 heteroatoms. The Balaban J connectivity index is 2.18. The van der Waals surface area contributed by atoms with Crippen molar-refractivity contribution in [3.63, 3.8) is 0 Å². The Morgan fingerprint density at radius 3 is 2.48 bits per heavy atom. The maximum atomic E-state index is 13.2. The Labute approximate surface area is 121 Å². The highest BCUT2D eigenvalue weighted by Crippen LogP contribution is 2.31. The molecule has 0 heterocycles. The number of carbonyl (C=O) groups excluding carboxylic acids is 2. The molecule has 1 aromatic carbocycles. The van der Waals surface area contributed by atoms with E-state index in [9.17, 15) is 18.4 Å². The van der Waals surface area contributed by atoms with Crippen LogP contribution in [0, 0.1) is 11.6 Å². The van der Waals surface area contributed by atoms with E-state index in [0.29, 0.717) is 12.8 Å². The lowest BCUT2D eigenvalue weighted by atomic mass is 9.97. The third kappa shape index (κ3) is 3.20. The smallest absolute Gasteiger partial charge is 0.331 e. The third-order valence-corrected chi connectivity index (χ3v) is 3.66. The summed E-state index contributed by atoms with van der Waals surface area (Å²) in [6, 6.07) is 2.88. The van der Waals surface area contributed by atoms with E-state index in [0.717, 1.165) is 25.0 Å². The van der Waals surface area contributed by atoms with Gasteiger partial charge in [0.2, 0.25) is 0 Å². The summed E-state index contributed by atoms with van der Waals surface area (Å²) in [4.78, 5) is 24.3. The SMILES string of the molecule is CCOC(=O)C1(NC(=O)c2ccc(F)c(F)c2)CCCC1. The summed E-state index contributed by atoms with van der Waals surface area (Å²) < 4.78 is 31.1. The van der Waals surface area contributed by atoms with Gasteiger partial charge in [-0.05, 0) is 38.0 Å². The van der Waals surface area contributed by atoms with Gasteiger partial charge in [-0.2, -0.15) is 0 Å². The monoisotopic (exact) mass is 297 g/mol. The van der Waals surface area contributed by atoms with Crippen molar-refractivity contribution in [3.05, 3.63) is 35.4 Å². The van der Waals surface area contributed by atoms with Crippen LogP contribution >= 0.6 is 0 Å². The third-order valence-electron chi connectivity index (χ3n) is 3.66. The van der Waals surface area contributed by atoms with Crippen molar-refractivity contribution < 1.29 is 23.1 Å². The zero-order valence-corrected chi connectivity index (χ0v) is 11.7. The van der Waals surface area contributed by atoms with Gasteiger partial charge < -0.3 is 10.1 Å². The Morgan fingerprint density at radius 1 is 1.24 bits per heavy atom. The maximum Gasteiger partial charge on any atom is 0.331 e. The van der Waals surface area contributed by atoms with Crippen LogP contribution in [0.5, 0.6) is 0 Å². The van der Waals surface area contributed by atoms with E-state index >= 15 is 0 Å². The first kappa shape index (κ1) is 15.4. The molecule has 0 unspecified atom stereocenters. The fourth-order valence-electron chi connectivity index (χ4n) is 2.55. The summed E-state index contributed by atoms with van der Waals surface area (Å²) in [5, 5.41) is 2.64. The molecule has 0 aliphatic heterocycles. The number of esters is 1. The van der Waals surface area contributed by atoms with Gasteiger partial charge in [-0.3, -0.25) is 4.79 Å². The summed E-state index contributed by atoms with van der Waals surface area (Å²) >= 11 is 0. The van der Waals surface area contributed by atoms with Crippen LogP contribution in [0.1, 0.15) is 43.0 Å². The van der Waals surface area contributed by atoms with E-state index in [1.54, 1.807) is 6.92 Å². The van der Waals surface area contributed by atoms with Gasteiger partial charge >= 0.3 is 5.97 Å². The lowest BCUT2D eigenvalue weighted by Crippen LogP contribution is -2.53. The molecule has 4 nitrogen and oxygen atoms in total. The van der Waals surface area contributed by atoms with Crippen LogP contribution in [0.2, 0.25) is 0 Å². The first-order valence-electron chi connectivity index (χ1n) is 6.93. The van der Waals surface area contributed by atoms with Crippen LogP contribution in [0.15, 0.2) is 18.2 Å². The fourth-order valence-corrected chi connectivity index (χ4v) is 2.55. The topological polar surface area (TPSA) is 55.4 Å². The summed E-state index contributed by atoms with van der Waals surface area (Å²) in [6.07, 6.45) is 2.58. The van der Waals surface area contributed by atoms with Gasteiger partial charge in [0, 0.05) is 5.56 Å². The molecule has 0 atom stereocenters. The standard InChI is InChI=1S/C15H17F2NO3/c1-2-21-14(20)15(7-3-4-8-15)18-13(19)10-5-6-11(16)12(17)9-10/h5-6,9H,2-4,7-8H2,1H3,(H,18,19). The molecule has 1 saturated carbocycles. The minimum absolute atomic E-state index is 0.0236. The molecule has 0 radical (unpaired) electrons. The highest BCUT2D eigenvalue weighted by atomic mass is 19.2. The number of halogens is 2. The Bertz CT molecular complexity index is 554. The molecule has 0 saturated heterocycles. The van der Waals surface area contributed by atoms with Crippen LogP contribution < -0.4 is 5.32 Å². The molecule has 1 N–H and O–H groups in total. The van der Waals surface area contributed by atoms with Crippen LogP contribution in [0.4, 0.5) is 8.78 Å². The molecule has 2 rings (SSSR count). The first-order chi connectivity index (χ1) is 9.98. The second-order valence-corrected chi connectivity index (χ2v) is 5.09. The highest BCUT2D eigenvalue weighted by molar-refractivity contribution is 5.98. The number of carbonyl (C=O) groups is 2. The van der Waals surface area contributed by atoms with E-state index in [4.69, 9.17) is 4.74 Å². The molecule has 1 aromatic rings. The minimum atomic E-state index is -1.10. The van der Waals surface area contributed by atoms with Gasteiger partial charge in [0.25, 0.3) is 5.91 Å².